The van der Waals surface area contributed by atoms with E-state index in [0.717, 1.165) is 44.9 Å². The molecule has 4 bridgehead atoms. The maximum Gasteiger partial charge on any atom is 0.270 e. The van der Waals surface area contributed by atoms with Gasteiger partial charge in [-0.2, -0.15) is 8.78 Å². The highest BCUT2D eigenvalue weighted by Crippen LogP contribution is 2.68. The van der Waals surface area contributed by atoms with Gasteiger partial charge in [-0.25, -0.2) is 4.99 Å². The van der Waals surface area contributed by atoms with E-state index in [1.165, 1.54) is 5.56 Å². The number of rotatable bonds is 3. The van der Waals surface area contributed by atoms with E-state index in [1.807, 2.05) is 24.4 Å². The van der Waals surface area contributed by atoms with Crippen LogP contribution in [0.1, 0.15) is 63.4 Å². The summed E-state index contributed by atoms with van der Waals surface area (Å²) in [7, 11) is 0. The van der Waals surface area contributed by atoms with Gasteiger partial charge < -0.3 is 5.73 Å². The topological polar surface area (TPSA) is 55.4 Å². The first kappa shape index (κ1) is 20.0. The van der Waals surface area contributed by atoms with E-state index in [-0.39, 0.29) is 29.2 Å². The molecule has 3 nitrogen and oxygen atoms in total. The number of hydrogen-bond acceptors (Lipinski definition) is 2. The van der Waals surface area contributed by atoms with Gasteiger partial charge in [0.25, 0.3) is 12.0 Å². The number of nitrogens with two attached hydrogens (primary N) is 1. The Balaban J connectivity index is 1.45. The van der Waals surface area contributed by atoms with Gasteiger partial charge in [-0.15, -0.1) is 0 Å². The van der Waals surface area contributed by atoms with Crippen LogP contribution in [-0.2, 0) is 10.2 Å². The van der Waals surface area contributed by atoms with Crippen LogP contribution in [-0.4, -0.2) is 18.2 Å². The fourth-order valence-electron chi connectivity index (χ4n) is 7.20. The monoisotopic (exact) mass is 412 g/mol. The molecule has 0 spiro atoms. The minimum absolute atomic E-state index is 0.0783. The van der Waals surface area contributed by atoms with Crippen LogP contribution in [0.15, 0.2) is 47.0 Å². The second-order valence-electron chi connectivity index (χ2n) is 10.3. The summed E-state index contributed by atoms with van der Waals surface area (Å²) in [6.45, 7) is 0. The Labute approximate surface area is 176 Å². The summed E-state index contributed by atoms with van der Waals surface area (Å²) in [6, 6.07) is 10.5. The van der Waals surface area contributed by atoms with Crippen molar-refractivity contribution in [3.05, 3.63) is 47.5 Å². The van der Waals surface area contributed by atoms with Crippen LogP contribution in [0, 0.1) is 23.2 Å². The standard InChI is InChI=1S/C25H30F2N2O/c26-22(27)21-17-10-24(19-4-2-1-3-5-19)11-18(21)13-25(12-17,15-24)23(30)29-14-16-6-8-20(28)9-7-16/h1-5,14,16-18,20H,6-13,15,28H2. The summed E-state index contributed by atoms with van der Waals surface area (Å²) in [4.78, 5) is 17.9. The smallest absolute Gasteiger partial charge is 0.270 e. The quantitative estimate of drug-likeness (QED) is 0.676. The molecule has 30 heavy (non-hydrogen) atoms. The predicted octanol–water partition coefficient (Wildman–Crippen LogP) is 5.40. The molecule has 5 heteroatoms. The van der Waals surface area contributed by atoms with Gasteiger partial charge in [0, 0.05) is 17.8 Å². The maximum absolute atomic E-state index is 13.8. The van der Waals surface area contributed by atoms with Crippen LogP contribution in [0.25, 0.3) is 0 Å². The number of benzene rings is 1. The molecular weight excluding hydrogens is 382 g/mol. The molecule has 5 saturated carbocycles. The number of aliphatic imine (C=N–C) groups is 1. The highest BCUT2D eigenvalue weighted by Gasteiger charge is 2.63. The van der Waals surface area contributed by atoms with E-state index >= 15 is 0 Å². The van der Waals surface area contributed by atoms with Crippen molar-refractivity contribution in [2.45, 2.75) is 69.2 Å². The lowest BCUT2D eigenvalue weighted by Crippen LogP contribution is -2.57. The molecule has 0 saturated heterocycles. The average Bonchev–Trinajstić information content (AvgIpc) is 2.73. The van der Waals surface area contributed by atoms with Crippen molar-refractivity contribution in [2.24, 2.45) is 33.9 Å². The molecule has 0 aromatic heterocycles. The second kappa shape index (κ2) is 7.37. The lowest BCUT2D eigenvalue weighted by atomic mass is 9.41. The molecule has 5 aliphatic carbocycles. The number of nitrogens with zero attached hydrogens (tertiary/aromatic N) is 1. The molecule has 1 aromatic carbocycles. The van der Waals surface area contributed by atoms with Crippen molar-refractivity contribution < 1.29 is 13.6 Å². The Morgan fingerprint density at radius 3 is 2.23 bits per heavy atom. The summed E-state index contributed by atoms with van der Waals surface area (Å²) >= 11 is 0. The Morgan fingerprint density at radius 1 is 1.00 bits per heavy atom. The molecule has 2 unspecified atom stereocenters. The largest absolute Gasteiger partial charge is 0.328 e. The Morgan fingerprint density at radius 2 is 1.63 bits per heavy atom. The zero-order valence-corrected chi connectivity index (χ0v) is 17.3. The first-order chi connectivity index (χ1) is 14.4. The molecule has 2 N–H and O–H groups in total. The number of amides is 1. The molecule has 5 aliphatic rings. The van der Waals surface area contributed by atoms with Crippen molar-refractivity contribution in [1.29, 1.82) is 0 Å². The average molecular weight is 413 g/mol. The normalized spacial score (nSPS) is 40.2. The first-order valence-electron chi connectivity index (χ1n) is 11.4. The summed E-state index contributed by atoms with van der Waals surface area (Å²) in [6.07, 6.45) is 7.46. The van der Waals surface area contributed by atoms with E-state index in [4.69, 9.17) is 5.73 Å². The lowest BCUT2D eigenvalue weighted by Gasteiger charge is -2.61. The Bertz CT molecular complexity index is 864. The molecule has 0 radical (unpaired) electrons. The van der Waals surface area contributed by atoms with Gasteiger partial charge in [-0.1, -0.05) is 30.3 Å². The van der Waals surface area contributed by atoms with E-state index in [1.54, 1.807) is 0 Å². The molecule has 1 aromatic rings. The van der Waals surface area contributed by atoms with Crippen LogP contribution in [0.5, 0.6) is 0 Å². The third-order valence-electron chi connectivity index (χ3n) is 8.38. The van der Waals surface area contributed by atoms with Crippen molar-refractivity contribution in [3.8, 4) is 0 Å². The summed E-state index contributed by atoms with van der Waals surface area (Å²) in [5.74, 6) is -0.179. The van der Waals surface area contributed by atoms with Crippen molar-refractivity contribution in [1.82, 2.24) is 0 Å². The molecular formula is C25H30F2N2O. The molecule has 1 amide bonds. The Hall–Kier alpha value is -1.88. The predicted molar refractivity (Wildman–Crippen MR) is 113 cm³/mol. The highest BCUT2D eigenvalue weighted by molar-refractivity contribution is 5.91. The number of hydrogen-bond donors (Lipinski definition) is 1. The van der Waals surface area contributed by atoms with E-state index in [9.17, 15) is 13.6 Å². The van der Waals surface area contributed by atoms with Gasteiger partial charge in [0.2, 0.25) is 0 Å². The van der Waals surface area contributed by atoms with Gasteiger partial charge in [-0.3, -0.25) is 4.79 Å². The minimum Gasteiger partial charge on any atom is -0.328 e. The summed E-state index contributed by atoms with van der Waals surface area (Å²) < 4.78 is 27.6. The van der Waals surface area contributed by atoms with Gasteiger partial charge >= 0.3 is 0 Å². The van der Waals surface area contributed by atoms with Crippen molar-refractivity contribution in [2.75, 3.05) is 0 Å². The minimum atomic E-state index is -1.52. The lowest BCUT2D eigenvalue weighted by molar-refractivity contribution is -0.140. The molecule has 0 heterocycles. The van der Waals surface area contributed by atoms with Crippen LogP contribution >= 0.6 is 0 Å². The van der Waals surface area contributed by atoms with Crippen LogP contribution in [0.4, 0.5) is 8.78 Å². The zero-order chi connectivity index (χ0) is 20.9. The van der Waals surface area contributed by atoms with Gasteiger partial charge in [-0.05, 0) is 86.5 Å². The highest BCUT2D eigenvalue weighted by atomic mass is 19.3. The summed E-state index contributed by atoms with van der Waals surface area (Å²) in [5.41, 5.74) is 6.73. The van der Waals surface area contributed by atoms with E-state index in [2.05, 4.69) is 17.1 Å². The maximum atomic E-state index is 13.8. The van der Waals surface area contributed by atoms with Crippen molar-refractivity contribution in [3.63, 3.8) is 0 Å². The van der Waals surface area contributed by atoms with Crippen LogP contribution < -0.4 is 5.73 Å². The zero-order valence-electron chi connectivity index (χ0n) is 17.3. The number of halogens is 2. The SMILES string of the molecule is NC1CCC(C=NC(=O)C23CC4CC(c5ccccc5)(CC(C2)C4=C(F)F)C3)CC1. The second-order valence-corrected chi connectivity index (χ2v) is 10.3. The molecule has 5 fully saturated rings. The third-order valence-corrected chi connectivity index (χ3v) is 8.38. The number of carbonyl (C=O) groups is 1. The Kier molecular flexibility index (Phi) is 4.92. The van der Waals surface area contributed by atoms with Gasteiger partial charge in [0.15, 0.2) is 0 Å². The van der Waals surface area contributed by atoms with Gasteiger partial charge in [0.1, 0.15) is 0 Å². The summed E-state index contributed by atoms with van der Waals surface area (Å²) in [5, 5.41) is 0. The van der Waals surface area contributed by atoms with Crippen LogP contribution in [0.3, 0.4) is 0 Å². The third kappa shape index (κ3) is 3.26. The van der Waals surface area contributed by atoms with E-state index in [0.29, 0.717) is 24.3 Å². The number of allylic oxidation sites excluding steroid dienone is 1. The molecule has 6 rings (SSSR count). The van der Waals surface area contributed by atoms with Gasteiger partial charge in [0.05, 0.1) is 5.41 Å². The fourth-order valence-corrected chi connectivity index (χ4v) is 7.20. The van der Waals surface area contributed by atoms with E-state index < -0.39 is 11.5 Å². The number of carbonyl (C=O) groups excluding carboxylic acids is 1. The fraction of sp³-hybridized carbons (Fsp3) is 0.600. The molecule has 0 aliphatic heterocycles. The van der Waals surface area contributed by atoms with Crippen molar-refractivity contribution >= 4 is 12.1 Å². The first-order valence-corrected chi connectivity index (χ1v) is 11.4. The molecule has 160 valence electrons. The molecule has 2 atom stereocenters. The van der Waals surface area contributed by atoms with Crippen LogP contribution in [0.2, 0.25) is 0 Å².